The topological polar surface area (TPSA) is 53.8 Å². The van der Waals surface area contributed by atoms with Crippen molar-refractivity contribution in [3.8, 4) is 0 Å². The van der Waals surface area contributed by atoms with E-state index < -0.39 is 5.66 Å². The number of aliphatic imine (C=N–C) groups is 2. The fourth-order valence-electron chi connectivity index (χ4n) is 2.51. The van der Waals surface area contributed by atoms with Crippen LogP contribution in [0.5, 0.6) is 0 Å². The van der Waals surface area contributed by atoms with E-state index in [1.165, 1.54) is 17.3 Å². The first kappa shape index (κ1) is 22.2. The van der Waals surface area contributed by atoms with Gasteiger partial charge in [-0.3, -0.25) is 9.79 Å². The molecule has 0 aliphatic carbocycles. The standard InChI is InChI=1S/C20H20ClN3OS.C2H6/c1-13-4-6-14(7-5-13)18-19(24-20(2,3)23-18)26-12-17(25)22-16-10-8-15(21)9-11-16;1-2/h4-11H,12H2,1-3H3,(H,22,25);1-2H3. The number of halogens is 1. The van der Waals surface area contributed by atoms with E-state index in [-0.39, 0.29) is 11.7 Å². The van der Waals surface area contributed by atoms with E-state index in [9.17, 15) is 4.79 Å². The molecule has 0 spiro atoms. The number of thioether (sulfide) groups is 1. The summed E-state index contributed by atoms with van der Waals surface area (Å²) in [5.41, 5.74) is 3.28. The molecule has 6 heteroatoms. The maximum Gasteiger partial charge on any atom is 0.234 e. The predicted molar refractivity (Wildman–Crippen MR) is 123 cm³/mol. The Labute approximate surface area is 176 Å². The second-order valence-electron chi connectivity index (χ2n) is 6.58. The van der Waals surface area contributed by atoms with Crippen LogP contribution in [0.4, 0.5) is 5.69 Å². The molecule has 148 valence electrons. The summed E-state index contributed by atoms with van der Waals surface area (Å²) >= 11 is 7.27. The van der Waals surface area contributed by atoms with Crippen molar-refractivity contribution in [1.82, 2.24) is 0 Å². The summed E-state index contributed by atoms with van der Waals surface area (Å²) in [6.07, 6.45) is 0. The number of nitrogens with zero attached hydrogens (tertiary/aromatic N) is 2. The Kier molecular flexibility index (Phi) is 7.84. The van der Waals surface area contributed by atoms with Gasteiger partial charge in [0.15, 0.2) is 0 Å². The summed E-state index contributed by atoms with van der Waals surface area (Å²) in [5, 5.41) is 4.30. The van der Waals surface area contributed by atoms with E-state index in [0.29, 0.717) is 5.02 Å². The maximum absolute atomic E-state index is 12.2. The average molecular weight is 416 g/mol. The molecule has 0 aromatic heterocycles. The highest BCUT2D eigenvalue weighted by Gasteiger charge is 2.28. The van der Waals surface area contributed by atoms with Gasteiger partial charge in [0, 0.05) is 16.3 Å². The van der Waals surface area contributed by atoms with Gasteiger partial charge in [-0.25, -0.2) is 4.99 Å². The predicted octanol–water partition coefficient (Wildman–Crippen LogP) is 5.98. The third kappa shape index (κ3) is 6.21. The molecule has 1 aliphatic heterocycles. The molecular formula is C22H26ClN3OS. The lowest BCUT2D eigenvalue weighted by atomic mass is 10.1. The lowest BCUT2D eigenvalue weighted by Crippen LogP contribution is -2.17. The summed E-state index contributed by atoms with van der Waals surface area (Å²) in [6, 6.07) is 15.2. The molecule has 0 fully saturated rings. The van der Waals surface area contributed by atoms with Gasteiger partial charge in [-0.1, -0.05) is 67.0 Å². The Morgan fingerprint density at radius 1 is 1.04 bits per heavy atom. The first-order valence-electron chi connectivity index (χ1n) is 9.28. The number of aryl methyl sites for hydroxylation is 1. The maximum atomic E-state index is 12.2. The van der Waals surface area contributed by atoms with E-state index in [4.69, 9.17) is 16.6 Å². The minimum absolute atomic E-state index is 0.0898. The molecule has 0 saturated heterocycles. The lowest BCUT2D eigenvalue weighted by Gasteiger charge is -2.07. The van der Waals surface area contributed by atoms with E-state index in [1.807, 2.05) is 39.8 Å². The van der Waals surface area contributed by atoms with Gasteiger partial charge >= 0.3 is 0 Å². The monoisotopic (exact) mass is 415 g/mol. The number of hydrogen-bond donors (Lipinski definition) is 1. The van der Waals surface area contributed by atoms with Gasteiger partial charge in [0.05, 0.1) is 11.5 Å². The van der Waals surface area contributed by atoms with Crippen molar-refractivity contribution in [2.24, 2.45) is 9.98 Å². The van der Waals surface area contributed by atoms with Crippen LogP contribution < -0.4 is 5.32 Å². The number of rotatable bonds is 4. The summed E-state index contributed by atoms with van der Waals surface area (Å²) in [5.74, 6) is 0.176. The summed E-state index contributed by atoms with van der Waals surface area (Å²) < 4.78 is 0. The van der Waals surface area contributed by atoms with E-state index in [1.54, 1.807) is 24.3 Å². The van der Waals surface area contributed by atoms with Crippen molar-refractivity contribution >= 4 is 45.7 Å². The van der Waals surface area contributed by atoms with Gasteiger partial charge < -0.3 is 5.32 Å². The third-order valence-electron chi connectivity index (χ3n) is 3.76. The van der Waals surface area contributed by atoms with Crippen molar-refractivity contribution in [2.45, 2.75) is 40.3 Å². The fraction of sp³-hybridized carbons (Fsp3) is 0.318. The van der Waals surface area contributed by atoms with Crippen LogP contribution >= 0.6 is 23.4 Å². The Morgan fingerprint density at radius 2 is 1.64 bits per heavy atom. The van der Waals surface area contributed by atoms with Crippen LogP contribution in [0, 0.1) is 6.92 Å². The zero-order valence-electron chi connectivity index (χ0n) is 16.9. The van der Waals surface area contributed by atoms with Gasteiger partial charge in [0.25, 0.3) is 0 Å². The molecular weight excluding hydrogens is 390 g/mol. The normalized spacial score (nSPS) is 14.5. The third-order valence-corrected chi connectivity index (χ3v) is 4.97. The number of benzene rings is 2. The smallest absolute Gasteiger partial charge is 0.234 e. The van der Waals surface area contributed by atoms with Crippen molar-refractivity contribution in [3.05, 3.63) is 64.7 Å². The van der Waals surface area contributed by atoms with Crippen LogP contribution in [0.15, 0.2) is 58.5 Å². The van der Waals surface area contributed by atoms with Gasteiger partial charge in [0.2, 0.25) is 5.91 Å². The Bertz CT molecular complexity index is 872. The van der Waals surface area contributed by atoms with Crippen LogP contribution in [0.25, 0.3) is 0 Å². The molecule has 0 saturated carbocycles. The van der Waals surface area contributed by atoms with Crippen LogP contribution in [-0.4, -0.2) is 28.1 Å². The summed E-state index contributed by atoms with van der Waals surface area (Å²) in [7, 11) is 0. The molecule has 0 bridgehead atoms. The molecule has 4 nitrogen and oxygen atoms in total. The molecule has 1 aliphatic rings. The number of carbonyl (C=O) groups excluding carboxylic acids is 1. The Balaban J connectivity index is 0.00000136. The van der Waals surface area contributed by atoms with E-state index in [2.05, 4.69) is 29.4 Å². The highest BCUT2D eigenvalue weighted by atomic mass is 35.5. The van der Waals surface area contributed by atoms with Gasteiger partial charge in [-0.15, -0.1) is 0 Å². The molecule has 3 rings (SSSR count). The SMILES string of the molecule is CC.Cc1ccc(C2=NC(C)(C)N=C2SCC(=O)Nc2ccc(Cl)cc2)cc1. The largest absolute Gasteiger partial charge is 0.325 e. The molecule has 1 amide bonds. The van der Waals surface area contributed by atoms with Crippen LogP contribution in [0.1, 0.15) is 38.8 Å². The summed E-state index contributed by atoms with van der Waals surface area (Å²) in [4.78, 5) is 21.6. The number of hydrogen-bond acceptors (Lipinski definition) is 4. The van der Waals surface area contributed by atoms with E-state index in [0.717, 1.165) is 22.0 Å². The zero-order chi connectivity index (χ0) is 20.7. The molecule has 2 aromatic rings. The van der Waals surface area contributed by atoms with Gasteiger partial charge in [-0.2, -0.15) is 0 Å². The fourth-order valence-corrected chi connectivity index (χ4v) is 3.57. The molecule has 28 heavy (non-hydrogen) atoms. The van der Waals surface area contributed by atoms with E-state index >= 15 is 0 Å². The lowest BCUT2D eigenvalue weighted by molar-refractivity contribution is -0.113. The highest BCUT2D eigenvalue weighted by molar-refractivity contribution is 8.16. The number of anilines is 1. The van der Waals surface area contributed by atoms with Crippen molar-refractivity contribution in [2.75, 3.05) is 11.1 Å². The first-order valence-corrected chi connectivity index (χ1v) is 10.6. The molecule has 1 heterocycles. The van der Waals surface area contributed by atoms with Crippen LogP contribution in [0.3, 0.4) is 0 Å². The average Bonchev–Trinajstić information content (AvgIpc) is 2.99. The Morgan fingerprint density at radius 3 is 2.25 bits per heavy atom. The zero-order valence-corrected chi connectivity index (χ0v) is 18.5. The first-order chi connectivity index (χ1) is 13.3. The number of nitrogens with one attached hydrogen (secondary N) is 1. The van der Waals surface area contributed by atoms with Gasteiger partial charge in [-0.05, 0) is 45.0 Å². The Hall–Kier alpha value is -2.11. The summed E-state index contributed by atoms with van der Waals surface area (Å²) in [6.45, 7) is 9.97. The molecule has 2 aromatic carbocycles. The van der Waals surface area contributed by atoms with Gasteiger partial charge in [0.1, 0.15) is 10.7 Å². The molecule has 0 atom stereocenters. The van der Waals surface area contributed by atoms with Crippen molar-refractivity contribution in [1.29, 1.82) is 0 Å². The second-order valence-corrected chi connectivity index (χ2v) is 7.98. The van der Waals surface area contributed by atoms with Crippen molar-refractivity contribution < 1.29 is 4.79 Å². The second kappa shape index (κ2) is 9.89. The van der Waals surface area contributed by atoms with Crippen LogP contribution in [0.2, 0.25) is 5.02 Å². The highest BCUT2D eigenvalue weighted by Crippen LogP contribution is 2.27. The minimum atomic E-state index is -0.505. The van der Waals surface area contributed by atoms with Crippen molar-refractivity contribution in [3.63, 3.8) is 0 Å². The molecule has 1 N–H and O–H groups in total. The molecule has 0 radical (unpaired) electrons. The molecule has 0 unspecified atom stereocenters. The number of carbonyl (C=O) groups is 1. The quantitative estimate of drug-likeness (QED) is 0.667. The minimum Gasteiger partial charge on any atom is -0.325 e. The van der Waals surface area contributed by atoms with Crippen LogP contribution in [-0.2, 0) is 4.79 Å². The number of amides is 1.